The molecule has 0 atom stereocenters. The summed E-state index contributed by atoms with van der Waals surface area (Å²) in [5, 5.41) is 10.5. The van der Waals surface area contributed by atoms with Gasteiger partial charge in [-0.3, -0.25) is 9.13 Å². The lowest BCUT2D eigenvalue weighted by Crippen LogP contribution is -2.06. The molecule has 6 heterocycles. The van der Waals surface area contributed by atoms with Gasteiger partial charge in [-0.25, -0.2) is 4.98 Å². The summed E-state index contributed by atoms with van der Waals surface area (Å²) in [5.41, 5.74) is 10.1. The van der Waals surface area contributed by atoms with Crippen molar-refractivity contribution in [3.8, 4) is 11.8 Å². The minimum Gasteiger partial charge on any atom is -0.450 e. The minimum absolute atomic E-state index is 0.602. The van der Waals surface area contributed by atoms with Gasteiger partial charge in [0.15, 0.2) is 11.4 Å². The summed E-state index contributed by atoms with van der Waals surface area (Å²) in [6.07, 6.45) is 0. The summed E-state index contributed by atoms with van der Waals surface area (Å²) in [6.45, 7) is 0. The topological polar surface area (TPSA) is 53.2 Å². The summed E-state index contributed by atoms with van der Waals surface area (Å²) in [7, 11) is 0. The van der Waals surface area contributed by atoms with E-state index in [4.69, 9.17) is 14.4 Å². The standard InChI is InChI=1S/C46H25N5O/c1-8-20-35-26(13-1)27-14-2-9-21-36(27)50(35)45-44-41(31-18-6-12-24-39(31)52-44)47-46(48-45)51-37-22-10-4-16-29(37)33-25-32-28-15-3-7-19-34(28)49-38-23-11-5-17-30(38)40(42(32)49)43(33)51/h1-25H. The molecule has 13 rings (SSSR count). The van der Waals surface area contributed by atoms with Gasteiger partial charge >= 0.3 is 0 Å². The first-order valence-corrected chi connectivity index (χ1v) is 17.6. The molecule has 6 nitrogen and oxygen atoms in total. The van der Waals surface area contributed by atoms with Crippen LogP contribution in [0.3, 0.4) is 0 Å². The molecule has 0 aliphatic carbocycles. The van der Waals surface area contributed by atoms with E-state index in [1.807, 2.05) is 18.2 Å². The highest BCUT2D eigenvalue weighted by Crippen LogP contribution is 2.46. The molecular formula is C46H25N5O. The van der Waals surface area contributed by atoms with Gasteiger partial charge in [-0.2, -0.15) is 4.98 Å². The predicted molar refractivity (Wildman–Crippen MR) is 213 cm³/mol. The molecule has 0 radical (unpaired) electrons. The lowest BCUT2D eigenvalue weighted by molar-refractivity contribution is 0.661. The third-order valence-corrected chi connectivity index (χ3v) is 11.2. The maximum absolute atomic E-state index is 6.69. The van der Waals surface area contributed by atoms with Crippen molar-refractivity contribution in [2.45, 2.75) is 0 Å². The van der Waals surface area contributed by atoms with E-state index in [1.54, 1.807) is 0 Å². The molecule has 52 heavy (non-hydrogen) atoms. The number of para-hydroxylation sites is 6. The molecular weight excluding hydrogens is 639 g/mol. The van der Waals surface area contributed by atoms with Crippen molar-refractivity contribution in [1.29, 1.82) is 0 Å². The van der Waals surface area contributed by atoms with Crippen molar-refractivity contribution in [2.75, 3.05) is 0 Å². The van der Waals surface area contributed by atoms with Crippen LogP contribution in [0.1, 0.15) is 0 Å². The molecule has 7 aromatic carbocycles. The third-order valence-electron chi connectivity index (χ3n) is 11.2. The fourth-order valence-corrected chi connectivity index (χ4v) is 9.13. The van der Waals surface area contributed by atoms with E-state index in [-0.39, 0.29) is 0 Å². The van der Waals surface area contributed by atoms with Gasteiger partial charge in [-0.05, 0) is 48.5 Å². The second-order valence-electron chi connectivity index (χ2n) is 13.8. The van der Waals surface area contributed by atoms with Gasteiger partial charge in [0.05, 0.1) is 38.6 Å². The van der Waals surface area contributed by atoms with E-state index in [0.717, 1.165) is 43.9 Å². The number of rotatable bonds is 2. The van der Waals surface area contributed by atoms with Crippen LogP contribution in [0.2, 0.25) is 0 Å². The number of aromatic nitrogens is 5. The Morgan fingerprint density at radius 1 is 0.404 bits per heavy atom. The van der Waals surface area contributed by atoms with Crippen LogP contribution < -0.4 is 0 Å². The summed E-state index contributed by atoms with van der Waals surface area (Å²) >= 11 is 0. The van der Waals surface area contributed by atoms with Gasteiger partial charge in [-0.15, -0.1) is 0 Å². The quantitative estimate of drug-likeness (QED) is 0.185. The first-order chi connectivity index (χ1) is 25.8. The van der Waals surface area contributed by atoms with E-state index in [2.05, 4.69) is 147 Å². The number of fused-ring (bicyclic) bond motifs is 16. The third kappa shape index (κ3) is 3.12. The van der Waals surface area contributed by atoms with Gasteiger partial charge in [0, 0.05) is 48.5 Å². The number of hydrogen-bond donors (Lipinski definition) is 0. The van der Waals surface area contributed by atoms with E-state index in [0.29, 0.717) is 17.3 Å². The van der Waals surface area contributed by atoms with Crippen LogP contribution in [0.5, 0.6) is 0 Å². The molecule has 0 saturated carbocycles. The number of furan rings is 1. The largest absolute Gasteiger partial charge is 0.450 e. The zero-order valence-corrected chi connectivity index (χ0v) is 27.6. The van der Waals surface area contributed by atoms with E-state index >= 15 is 0 Å². The van der Waals surface area contributed by atoms with Gasteiger partial charge < -0.3 is 8.82 Å². The molecule has 0 N–H and O–H groups in total. The zero-order valence-electron chi connectivity index (χ0n) is 27.6. The molecule has 0 spiro atoms. The number of benzene rings is 7. The molecule has 13 aromatic rings. The lowest BCUT2D eigenvalue weighted by atomic mass is 10.0. The van der Waals surface area contributed by atoms with Crippen molar-refractivity contribution in [3.05, 3.63) is 152 Å². The van der Waals surface area contributed by atoms with Crippen molar-refractivity contribution in [2.24, 2.45) is 0 Å². The molecule has 240 valence electrons. The van der Waals surface area contributed by atoms with Crippen LogP contribution in [0.15, 0.2) is 156 Å². The van der Waals surface area contributed by atoms with Crippen LogP contribution >= 0.6 is 0 Å². The average molecular weight is 664 g/mol. The zero-order chi connectivity index (χ0) is 33.7. The fraction of sp³-hybridized carbons (Fsp3) is 0. The summed E-state index contributed by atoms with van der Waals surface area (Å²) in [5.74, 6) is 1.32. The Hall–Kier alpha value is -7.18. The first kappa shape index (κ1) is 26.7. The molecule has 0 amide bonds. The molecule has 6 heteroatoms. The second kappa shape index (κ2) is 9.33. The van der Waals surface area contributed by atoms with Crippen LogP contribution in [0.4, 0.5) is 0 Å². The van der Waals surface area contributed by atoms with Crippen LogP contribution in [-0.2, 0) is 0 Å². The molecule has 0 unspecified atom stereocenters. The van der Waals surface area contributed by atoms with Gasteiger partial charge in [0.1, 0.15) is 11.1 Å². The van der Waals surface area contributed by atoms with Gasteiger partial charge in [0.25, 0.3) is 0 Å². The van der Waals surface area contributed by atoms with E-state index in [9.17, 15) is 0 Å². The second-order valence-corrected chi connectivity index (χ2v) is 13.8. The number of hydrogen-bond acceptors (Lipinski definition) is 3. The molecule has 0 saturated heterocycles. The highest BCUT2D eigenvalue weighted by molar-refractivity contribution is 6.34. The van der Waals surface area contributed by atoms with Crippen molar-refractivity contribution in [1.82, 2.24) is 23.5 Å². The highest BCUT2D eigenvalue weighted by Gasteiger charge is 2.27. The van der Waals surface area contributed by atoms with Gasteiger partial charge in [0.2, 0.25) is 5.95 Å². The summed E-state index contributed by atoms with van der Waals surface area (Å²) in [6, 6.07) is 53.8. The SMILES string of the molecule is c1ccc2c(c1)oc1c(-n3c4ccccc4c4ccccc43)nc(-n3c4ccccc4c4cc5c6ccccc6n6c7ccccc7c(c43)c56)nc12. The smallest absolute Gasteiger partial charge is 0.237 e. The molecule has 0 aliphatic heterocycles. The minimum atomic E-state index is 0.602. The Kier molecular flexibility index (Phi) is 4.78. The Morgan fingerprint density at radius 2 is 0.885 bits per heavy atom. The fourth-order valence-electron chi connectivity index (χ4n) is 9.13. The molecule has 0 aliphatic rings. The maximum atomic E-state index is 6.69. The first-order valence-electron chi connectivity index (χ1n) is 17.6. The Morgan fingerprint density at radius 3 is 1.56 bits per heavy atom. The van der Waals surface area contributed by atoms with Crippen molar-refractivity contribution >= 4 is 104 Å². The van der Waals surface area contributed by atoms with Crippen LogP contribution in [0.25, 0.3) is 116 Å². The Balaban J connectivity index is 1.27. The van der Waals surface area contributed by atoms with Crippen LogP contribution in [-0.4, -0.2) is 23.5 Å². The Bertz CT molecular complexity index is 3600. The highest BCUT2D eigenvalue weighted by atomic mass is 16.3. The van der Waals surface area contributed by atoms with Crippen LogP contribution in [0, 0.1) is 0 Å². The monoisotopic (exact) mass is 663 g/mol. The van der Waals surface area contributed by atoms with E-state index in [1.165, 1.54) is 54.3 Å². The van der Waals surface area contributed by atoms with Crippen molar-refractivity contribution in [3.63, 3.8) is 0 Å². The predicted octanol–water partition coefficient (Wildman–Crippen LogP) is 11.7. The maximum Gasteiger partial charge on any atom is 0.237 e. The molecule has 6 aromatic heterocycles. The molecule has 0 fully saturated rings. The Labute approximate surface area is 294 Å². The van der Waals surface area contributed by atoms with E-state index < -0.39 is 0 Å². The molecule has 0 bridgehead atoms. The number of nitrogens with zero attached hydrogens (tertiary/aromatic N) is 5. The lowest BCUT2D eigenvalue weighted by Gasteiger charge is -2.12. The summed E-state index contributed by atoms with van der Waals surface area (Å²) in [4.78, 5) is 11.0. The van der Waals surface area contributed by atoms with Crippen molar-refractivity contribution < 1.29 is 4.42 Å². The van der Waals surface area contributed by atoms with Gasteiger partial charge in [-0.1, -0.05) is 103 Å². The average Bonchev–Trinajstić information content (AvgIpc) is 3.99. The summed E-state index contributed by atoms with van der Waals surface area (Å²) < 4.78 is 13.7. The normalized spacial score (nSPS) is 12.6.